The molecule has 0 aliphatic carbocycles. The summed E-state index contributed by atoms with van der Waals surface area (Å²) in [5.41, 5.74) is 4.88. The number of imidazole rings is 1. The molecule has 0 atom stereocenters. The van der Waals surface area contributed by atoms with Crippen molar-refractivity contribution in [3.8, 4) is 17.0 Å². The highest BCUT2D eigenvalue weighted by molar-refractivity contribution is 9.10. The number of benzene rings is 1. The molecule has 106 valence electrons. The van der Waals surface area contributed by atoms with Crippen molar-refractivity contribution in [2.45, 2.75) is 26.4 Å². The van der Waals surface area contributed by atoms with Crippen molar-refractivity contribution in [2.24, 2.45) is 0 Å². The Hall–Kier alpha value is -1.81. The highest BCUT2D eigenvalue weighted by Crippen LogP contribution is 2.45. The quantitative estimate of drug-likeness (QED) is 0.591. The van der Waals surface area contributed by atoms with Gasteiger partial charge in [0.05, 0.1) is 5.69 Å². The van der Waals surface area contributed by atoms with Gasteiger partial charge in [0.2, 0.25) is 0 Å². The van der Waals surface area contributed by atoms with Gasteiger partial charge >= 0.3 is 0 Å². The molecule has 0 unspecified atom stereocenters. The molecule has 3 aromatic rings. The monoisotopic (exact) mass is 342 g/mol. The molecule has 0 saturated heterocycles. The number of nitrogens with zero attached hydrogens (tertiary/aromatic N) is 2. The van der Waals surface area contributed by atoms with Crippen LogP contribution in [0.15, 0.2) is 41.0 Å². The molecule has 21 heavy (non-hydrogen) atoms. The number of rotatable bonds is 0. The third-order valence-corrected chi connectivity index (χ3v) is 4.38. The summed E-state index contributed by atoms with van der Waals surface area (Å²) in [6.45, 7) is 6.26. The van der Waals surface area contributed by atoms with Crippen molar-refractivity contribution in [3.05, 3.63) is 52.3 Å². The van der Waals surface area contributed by atoms with Gasteiger partial charge < -0.3 is 4.74 Å². The van der Waals surface area contributed by atoms with E-state index < -0.39 is 5.60 Å². The number of hydrogen-bond acceptors (Lipinski definition) is 2. The average molecular weight is 343 g/mol. The Morgan fingerprint density at radius 2 is 2.00 bits per heavy atom. The summed E-state index contributed by atoms with van der Waals surface area (Å²) in [7, 11) is 0. The van der Waals surface area contributed by atoms with Crippen molar-refractivity contribution in [1.29, 1.82) is 0 Å². The Morgan fingerprint density at radius 1 is 1.24 bits per heavy atom. The fraction of sp³-hybridized carbons (Fsp3) is 0.235. The standard InChI is InChI=1S/C17H15BrN2O/c1-10-8-11(18)9-20-15-14(19-16(10)20)12-6-4-5-7-13(12)21-17(15,2)3/h4-9H,1-3H3. The van der Waals surface area contributed by atoms with E-state index in [4.69, 9.17) is 9.72 Å². The van der Waals surface area contributed by atoms with Gasteiger partial charge in [-0.1, -0.05) is 12.1 Å². The van der Waals surface area contributed by atoms with E-state index in [0.717, 1.165) is 38.4 Å². The molecular weight excluding hydrogens is 328 g/mol. The SMILES string of the molecule is Cc1cc(Br)cn2c3c(nc12)-c1ccccc1OC3(C)C. The maximum atomic E-state index is 6.22. The molecule has 1 aliphatic rings. The van der Waals surface area contributed by atoms with Gasteiger partial charge in [0.1, 0.15) is 22.7 Å². The summed E-state index contributed by atoms with van der Waals surface area (Å²) >= 11 is 3.58. The molecule has 0 fully saturated rings. The van der Waals surface area contributed by atoms with E-state index in [1.54, 1.807) is 0 Å². The van der Waals surface area contributed by atoms with E-state index in [0.29, 0.717) is 0 Å². The molecule has 4 rings (SSSR count). The fourth-order valence-corrected chi connectivity index (χ4v) is 3.65. The number of aryl methyl sites for hydroxylation is 1. The lowest BCUT2D eigenvalue weighted by Gasteiger charge is -2.32. The van der Waals surface area contributed by atoms with Crippen LogP contribution in [0.4, 0.5) is 0 Å². The Morgan fingerprint density at radius 3 is 2.81 bits per heavy atom. The number of para-hydroxylation sites is 1. The van der Waals surface area contributed by atoms with E-state index in [1.165, 1.54) is 0 Å². The summed E-state index contributed by atoms with van der Waals surface area (Å²) in [5, 5.41) is 0. The van der Waals surface area contributed by atoms with Crippen LogP contribution in [-0.4, -0.2) is 9.38 Å². The molecule has 2 aromatic heterocycles. The molecule has 4 heteroatoms. The Labute approximate surface area is 131 Å². The first-order valence-corrected chi connectivity index (χ1v) is 7.74. The van der Waals surface area contributed by atoms with Gasteiger partial charge in [-0.3, -0.25) is 4.40 Å². The van der Waals surface area contributed by atoms with Crippen LogP contribution >= 0.6 is 15.9 Å². The normalized spacial score (nSPS) is 15.4. The minimum atomic E-state index is -0.420. The largest absolute Gasteiger partial charge is 0.481 e. The number of ether oxygens (including phenoxy) is 1. The van der Waals surface area contributed by atoms with E-state index in [9.17, 15) is 0 Å². The molecule has 0 bridgehead atoms. The number of halogens is 1. The fourth-order valence-electron chi connectivity index (χ4n) is 3.11. The zero-order valence-electron chi connectivity index (χ0n) is 12.1. The van der Waals surface area contributed by atoms with E-state index in [1.807, 2.05) is 18.2 Å². The molecule has 0 radical (unpaired) electrons. The van der Waals surface area contributed by atoms with Gasteiger partial charge in [0.15, 0.2) is 0 Å². The molecular formula is C17H15BrN2O. The van der Waals surface area contributed by atoms with Crippen LogP contribution in [0.1, 0.15) is 25.1 Å². The van der Waals surface area contributed by atoms with E-state index in [2.05, 4.69) is 59.4 Å². The van der Waals surface area contributed by atoms with Crippen molar-refractivity contribution in [3.63, 3.8) is 0 Å². The lowest BCUT2D eigenvalue weighted by molar-refractivity contribution is 0.0996. The van der Waals surface area contributed by atoms with Crippen molar-refractivity contribution in [2.75, 3.05) is 0 Å². The van der Waals surface area contributed by atoms with Crippen molar-refractivity contribution in [1.82, 2.24) is 9.38 Å². The zero-order valence-corrected chi connectivity index (χ0v) is 13.7. The minimum absolute atomic E-state index is 0.420. The molecule has 3 heterocycles. The minimum Gasteiger partial charge on any atom is -0.481 e. The van der Waals surface area contributed by atoms with Crippen molar-refractivity contribution >= 4 is 21.6 Å². The molecule has 1 aliphatic heterocycles. The zero-order chi connectivity index (χ0) is 14.8. The van der Waals surface area contributed by atoms with Crippen LogP contribution in [-0.2, 0) is 5.60 Å². The smallest absolute Gasteiger partial charge is 0.146 e. The lowest BCUT2D eigenvalue weighted by atomic mass is 9.95. The van der Waals surface area contributed by atoms with E-state index >= 15 is 0 Å². The maximum Gasteiger partial charge on any atom is 0.146 e. The molecule has 0 N–H and O–H groups in total. The number of fused-ring (bicyclic) bond motifs is 5. The summed E-state index contributed by atoms with van der Waals surface area (Å²) in [6.07, 6.45) is 2.06. The second-order valence-corrected chi connectivity index (χ2v) is 6.87. The topological polar surface area (TPSA) is 26.5 Å². The third-order valence-electron chi connectivity index (χ3n) is 3.95. The highest BCUT2D eigenvalue weighted by atomic mass is 79.9. The number of pyridine rings is 1. The second-order valence-electron chi connectivity index (χ2n) is 5.95. The van der Waals surface area contributed by atoms with Gasteiger partial charge in [-0.2, -0.15) is 0 Å². The third kappa shape index (κ3) is 1.75. The van der Waals surface area contributed by atoms with Crippen LogP contribution in [0.25, 0.3) is 16.9 Å². The van der Waals surface area contributed by atoms with Gasteiger partial charge in [0.25, 0.3) is 0 Å². The molecule has 0 spiro atoms. The van der Waals surface area contributed by atoms with E-state index in [-0.39, 0.29) is 0 Å². The number of hydrogen-bond donors (Lipinski definition) is 0. The molecule has 0 saturated carbocycles. The van der Waals surface area contributed by atoms with Gasteiger partial charge in [-0.05, 0) is 60.5 Å². The van der Waals surface area contributed by atoms with Crippen LogP contribution in [0, 0.1) is 6.92 Å². The summed E-state index contributed by atoms with van der Waals surface area (Å²) in [5.74, 6) is 0.898. The number of aromatic nitrogens is 2. The Balaban J connectivity index is 2.17. The Kier molecular flexibility index (Phi) is 2.52. The predicted octanol–water partition coefficient (Wildman–Crippen LogP) is 4.70. The summed E-state index contributed by atoms with van der Waals surface area (Å²) < 4.78 is 9.40. The highest BCUT2D eigenvalue weighted by Gasteiger charge is 2.37. The molecule has 3 nitrogen and oxygen atoms in total. The summed E-state index contributed by atoms with van der Waals surface area (Å²) in [4.78, 5) is 4.89. The van der Waals surface area contributed by atoms with Gasteiger partial charge in [0, 0.05) is 16.2 Å². The molecule has 1 aromatic carbocycles. The van der Waals surface area contributed by atoms with Crippen LogP contribution in [0.5, 0.6) is 5.75 Å². The summed E-state index contributed by atoms with van der Waals surface area (Å²) in [6, 6.07) is 10.2. The lowest BCUT2D eigenvalue weighted by Crippen LogP contribution is -2.30. The first-order valence-electron chi connectivity index (χ1n) is 6.94. The van der Waals surface area contributed by atoms with Crippen LogP contribution in [0.2, 0.25) is 0 Å². The van der Waals surface area contributed by atoms with Gasteiger partial charge in [-0.15, -0.1) is 0 Å². The Bertz CT molecular complexity index is 880. The van der Waals surface area contributed by atoms with Crippen LogP contribution < -0.4 is 4.74 Å². The maximum absolute atomic E-state index is 6.22. The van der Waals surface area contributed by atoms with Crippen LogP contribution in [0.3, 0.4) is 0 Å². The van der Waals surface area contributed by atoms with Gasteiger partial charge in [-0.25, -0.2) is 4.98 Å². The molecule has 0 amide bonds. The van der Waals surface area contributed by atoms with Crippen molar-refractivity contribution < 1.29 is 4.74 Å². The second kappa shape index (κ2) is 4.10. The predicted molar refractivity (Wildman–Crippen MR) is 86.7 cm³/mol. The first kappa shape index (κ1) is 12.9. The first-order chi connectivity index (χ1) is 9.97. The average Bonchev–Trinajstić information content (AvgIpc) is 2.79.